The highest BCUT2D eigenvalue weighted by atomic mass is 15.2. The second-order valence-electron chi connectivity index (χ2n) is 4.77. The highest BCUT2D eigenvalue weighted by Gasteiger charge is 2.21. The minimum absolute atomic E-state index is 0.882. The van der Waals surface area contributed by atoms with Gasteiger partial charge in [-0.25, -0.2) is 9.97 Å². The van der Waals surface area contributed by atoms with Gasteiger partial charge in [-0.2, -0.15) is 0 Å². The van der Waals surface area contributed by atoms with Gasteiger partial charge in [-0.3, -0.25) is 0 Å². The highest BCUT2D eigenvalue weighted by Crippen LogP contribution is 2.32. The number of aromatic nitrogens is 2. The van der Waals surface area contributed by atoms with Crippen molar-refractivity contribution < 1.29 is 0 Å². The van der Waals surface area contributed by atoms with Crippen molar-refractivity contribution in [1.29, 1.82) is 0 Å². The molecule has 0 radical (unpaired) electrons. The summed E-state index contributed by atoms with van der Waals surface area (Å²) in [5, 5.41) is 0. The summed E-state index contributed by atoms with van der Waals surface area (Å²) in [7, 11) is 2.13. The first-order chi connectivity index (χ1) is 7.69. The summed E-state index contributed by atoms with van der Waals surface area (Å²) in [5.74, 6) is 2.94. The Hall–Kier alpha value is -1.12. The van der Waals surface area contributed by atoms with Crippen LogP contribution >= 0.6 is 0 Å². The van der Waals surface area contributed by atoms with Gasteiger partial charge >= 0.3 is 0 Å². The fourth-order valence-corrected chi connectivity index (χ4v) is 1.89. The predicted octanol–water partition coefficient (Wildman–Crippen LogP) is 2.58. The minimum Gasteiger partial charge on any atom is -0.360 e. The van der Waals surface area contributed by atoms with Crippen molar-refractivity contribution in [3.05, 3.63) is 17.6 Å². The van der Waals surface area contributed by atoms with E-state index >= 15 is 0 Å². The van der Waals surface area contributed by atoms with Crippen LogP contribution in [0.3, 0.4) is 0 Å². The van der Waals surface area contributed by atoms with Gasteiger partial charge in [-0.1, -0.05) is 19.8 Å². The molecule has 0 amide bonds. The molecule has 0 unspecified atom stereocenters. The van der Waals surface area contributed by atoms with E-state index in [1.165, 1.54) is 19.3 Å². The van der Waals surface area contributed by atoms with Crippen LogP contribution in [0.2, 0.25) is 0 Å². The van der Waals surface area contributed by atoms with Gasteiger partial charge in [-0.05, 0) is 25.7 Å². The lowest BCUT2D eigenvalue weighted by Gasteiger charge is -2.18. The van der Waals surface area contributed by atoms with Crippen molar-refractivity contribution in [3.8, 4) is 0 Å². The molecule has 0 bridgehead atoms. The molecule has 1 aromatic rings. The van der Waals surface area contributed by atoms with Gasteiger partial charge in [0.05, 0.1) is 0 Å². The Morgan fingerprint density at radius 3 is 2.75 bits per heavy atom. The molecule has 1 aliphatic carbocycles. The number of aryl methyl sites for hydroxylation is 2. The van der Waals surface area contributed by atoms with Gasteiger partial charge in [0.25, 0.3) is 0 Å². The lowest BCUT2D eigenvalue weighted by molar-refractivity contribution is 0.703. The number of rotatable bonds is 5. The maximum Gasteiger partial charge on any atom is 0.132 e. The van der Waals surface area contributed by atoms with E-state index in [1.807, 2.05) is 6.92 Å². The zero-order chi connectivity index (χ0) is 11.5. The van der Waals surface area contributed by atoms with Gasteiger partial charge in [0.1, 0.15) is 11.6 Å². The van der Waals surface area contributed by atoms with E-state index in [1.54, 1.807) is 0 Å². The first-order valence-corrected chi connectivity index (χ1v) is 6.24. The Kier molecular flexibility index (Phi) is 3.42. The van der Waals surface area contributed by atoms with Crippen LogP contribution in [-0.4, -0.2) is 23.6 Å². The van der Waals surface area contributed by atoms with E-state index in [0.29, 0.717) is 0 Å². The largest absolute Gasteiger partial charge is 0.360 e. The number of nitrogens with zero attached hydrogens (tertiary/aromatic N) is 3. The van der Waals surface area contributed by atoms with Crippen LogP contribution < -0.4 is 4.90 Å². The van der Waals surface area contributed by atoms with Crippen LogP contribution in [-0.2, 0) is 6.42 Å². The Balaban J connectivity index is 2.02. The van der Waals surface area contributed by atoms with Gasteiger partial charge in [0.2, 0.25) is 0 Å². The lowest BCUT2D eigenvalue weighted by atomic mass is 10.2. The third kappa shape index (κ3) is 2.94. The summed E-state index contributed by atoms with van der Waals surface area (Å²) in [6, 6.07) is 2.11. The van der Waals surface area contributed by atoms with Crippen LogP contribution in [0.1, 0.15) is 37.7 Å². The van der Waals surface area contributed by atoms with E-state index in [9.17, 15) is 0 Å². The minimum atomic E-state index is 0.882. The molecule has 1 aromatic heterocycles. The molecule has 1 fully saturated rings. The van der Waals surface area contributed by atoms with Crippen LogP contribution in [0.5, 0.6) is 0 Å². The average molecular weight is 219 g/mol. The second kappa shape index (κ2) is 4.81. The maximum absolute atomic E-state index is 4.49. The van der Waals surface area contributed by atoms with E-state index in [2.05, 4.69) is 34.9 Å². The Labute approximate surface area is 97.9 Å². The van der Waals surface area contributed by atoms with E-state index in [4.69, 9.17) is 0 Å². The van der Waals surface area contributed by atoms with Crippen LogP contribution in [0, 0.1) is 12.8 Å². The van der Waals surface area contributed by atoms with E-state index in [-0.39, 0.29) is 0 Å². The SMILES string of the molecule is CCc1cc(N(C)CCC2CC2)nc(C)n1. The number of hydrogen-bond acceptors (Lipinski definition) is 3. The maximum atomic E-state index is 4.49. The molecule has 88 valence electrons. The summed E-state index contributed by atoms with van der Waals surface area (Å²) in [5.41, 5.74) is 1.14. The summed E-state index contributed by atoms with van der Waals surface area (Å²) < 4.78 is 0. The van der Waals surface area contributed by atoms with Crippen molar-refractivity contribution in [3.63, 3.8) is 0 Å². The zero-order valence-electron chi connectivity index (χ0n) is 10.5. The van der Waals surface area contributed by atoms with Gasteiger partial charge in [0, 0.05) is 25.4 Å². The Bertz CT molecular complexity index is 358. The third-order valence-electron chi connectivity index (χ3n) is 3.20. The molecule has 1 aliphatic rings. The van der Waals surface area contributed by atoms with Crippen LogP contribution in [0.4, 0.5) is 5.82 Å². The molecular weight excluding hydrogens is 198 g/mol. The molecule has 16 heavy (non-hydrogen) atoms. The summed E-state index contributed by atoms with van der Waals surface area (Å²) in [6.45, 7) is 5.22. The zero-order valence-corrected chi connectivity index (χ0v) is 10.5. The molecule has 0 atom stereocenters. The second-order valence-corrected chi connectivity index (χ2v) is 4.77. The molecule has 1 saturated carbocycles. The van der Waals surface area contributed by atoms with Gasteiger partial charge in [0.15, 0.2) is 0 Å². The van der Waals surface area contributed by atoms with Gasteiger partial charge in [-0.15, -0.1) is 0 Å². The molecule has 3 nitrogen and oxygen atoms in total. The van der Waals surface area contributed by atoms with Crippen molar-refractivity contribution in [2.75, 3.05) is 18.5 Å². The summed E-state index contributed by atoms with van der Waals surface area (Å²) in [4.78, 5) is 11.2. The summed E-state index contributed by atoms with van der Waals surface area (Å²) >= 11 is 0. The molecule has 2 rings (SSSR count). The number of anilines is 1. The topological polar surface area (TPSA) is 29.0 Å². The lowest BCUT2D eigenvalue weighted by Crippen LogP contribution is -2.21. The first kappa shape index (κ1) is 11.4. The van der Waals surface area contributed by atoms with Crippen molar-refractivity contribution in [2.24, 2.45) is 5.92 Å². The third-order valence-corrected chi connectivity index (χ3v) is 3.20. The quantitative estimate of drug-likeness (QED) is 0.762. The number of hydrogen-bond donors (Lipinski definition) is 0. The predicted molar refractivity (Wildman–Crippen MR) is 66.8 cm³/mol. The molecule has 3 heteroatoms. The van der Waals surface area contributed by atoms with Crippen molar-refractivity contribution in [2.45, 2.75) is 39.5 Å². The molecule has 0 aliphatic heterocycles. The monoisotopic (exact) mass is 219 g/mol. The molecule has 0 spiro atoms. The fourth-order valence-electron chi connectivity index (χ4n) is 1.89. The smallest absolute Gasteiger partial charge is 0.132 e. The molecule has 0 aromatic carbocycles. The van der Waals surface area contributed by atoms with Crippen LogP contribution in [0.15, 0.2) is 6.07 Å². The molecule has 0 N–H and O–H groups in total. The normalized spacial score (nSPS) is 15.2. The fraction of sp³-hybridized carbons (Fsp3) is 0.692. The van der Waals surface area contributed by atoms with Gasteiger partial charge < -0.3 is 4.90 Å². The van der Waals surface area contributed by atoms with Crippen molar-refractivity contribution in [1.82, 2.24) is 9.97 Å². The van der Waals surface area contributed by atoms with E-state index in [0.717, 1.165) is 36.2 Å². The first-order valence-electron chi connectivity index (χ1n) is 6.24. The summed E-state index contributed by atoms with van der Waals surface area (Å²) in [6.07, 6.45) is 5.14. The molecule has 0 saturated heterocycles. The Morgan fingerprint density at radius 2 is 2.12 bits per heavy atom. The highest BCUT2D eigenvalue weighted by molar-refractivity contribution is 5.38. The molecule has 1 heterocycles. The Morgan fingerprint density at radius 1 is 1.38 bits per heavy atom. The van der Waals surface area contributed by atoms with E-state index < -0.39 is 0 Å². The van der Waals surface area contributed by atoms with Crippen LogP contribution in [0.25, 0.3) is 0 Å². The van der Waals surface area contributed by atoms with Crippen molar-refractivity contribution >= 4 is 5.82 Å². The standard InChI is InChI=1S/C13H21N3/c1-4-12-9-13(15-10(2)14-12)16(3)8-7-11-5-6-11/h9,11H,4-8H2,1-3H3. The average Bonchev–Trinajstić information content (AvgIpc) is 3.08. The molecular formula is C13H21N3.